The average Bonchev–Trinajstić information content (AvgIpc) is 3.32. The quantitative estimate of drug-likeness (QED) is 0.411. The number of carbonyl (C=O) groups excluding carboxylic acids is 3. The molecule has 0 radical (unpaired) electrons. The fraction of sp³-hybridized carbons (Fsp3) is 0.444. The Morgan fingerprint density at radius 1 is 0.882 bits per heavy atom. The molecule has 7 heteroatoms. The van der Waals surface area contributed by atoms with E-state index in [1.165, 1.54) is 30.8 Å². The summed E-state index contributed by atoms with van der Waals surface area (Å²) in [6.07, 6.45) is 5.44. The molecule has 5 rings (SSSR count). The number of esters is 1. The van der Waals surface area contributed by atoms with E-state index < -0.39 is 0 Å². The van der Waals surface area contributed by atoms with Gasteiger partial charge in [0.2, 0.25) is 0 Å². The number of thioether (sulfide) groups is 2. The fourth-order valence-electron chi connectivity index (χ4n) is 5.67. The second-order valence-corrected chi connectivity index (χ2v) is 12.3. The second kappa shape index (κ2) is 10.2. The third-order valence-electron chi connectivity index (χ3n) is 7.30. The molecule has 1 spiro atoms. The number of anilines is 1. The van der Waals surface area contributed by atoms with Gasteiger partial charge in [0.15, 0.2) is 12.4 Å². The number of rotatable bonds is 6. The van der Waals surface area contributed by atoms with Gasteiger partial charge in [-0.15, -0.1) is 23.5 Å². The summed E-state index contributed by atoms with van der Waals surface area (Å²) >= 11 is 4.24. The normalized spacial score (nSPS) is 25.0. The van der Waals surface area contributed by atoms with Gasteiger partial charge in [-0.25, -0.2) is 0 Å². The molecule has 3 aliphatic rings. The van der Waals surface area contributed by atoms with Gasteiger partial charge in [0.1, 0.15) is 0 Å². The molecule has 0 aromatic heterocycles. The lowest BCUT2D eigenvalue weighted by atomic mass is 9.67. The van der Waals surface area contributed by atoms with E-state index in [0.29, 0.717) is 32.7 Å². The lowest BCUT2D eigenvalue weighted by Gasteiger charge is -2.51. The van der Waals surface area contributed by atoms with Gasteiger partial charge in [-0.2, -0.15) is 0 Å². The second-order valence-electron chi connectivity index (χ2n) is 9.34. The molecule has 2 aromatic rings. The maximum absolute atomic E-state index is 12.8. The third kappa shape index (κ3) is 4.78. The number of carbonyl (C=O) groups is 3. The molecule has 178 valence electrons. The molecule has 1 aliphatic heterocycles. The SMILES string of the molecule is O=C(COC(=O)C1CC2CCCC(C1)C21SCCS1)c1ccc(NC(=O)c2ccccc2)cc1. The zero-order valence-electron chi connectivity index (χ0n) is 19.0. The molecular formula is C27H29NO4S2. The van der Waals surface area contributed by atoms with Gasteiger partial charge in [0, 0.05) is 28.3 Å². The minimum atomic E-state index is -0.241. The molecule has 3 fully saturated rings. The van der Waals surface area contributed by atoms with Crippen molar-refractivity contribution < 1.29 is 19.1 Å². The van der Waals surface area contributed by atoms with Crippen molar-refractivity contribution in [1.29, 1.82) is 0 Å². The molecule has 1 N–H and O–H groups in total. The van der Waals surface area contributed by atoms with Gasteiger partial charge < -0.3 is 10.1 Å². The first-order valence-electron chi connectivity index (χ1n) is 12.0. The van der Waals surface area contributed by atoms with Gasteiger partial charge in [0.05, 0.1) is 10.00 Å². The van der Waals surface area contributed by atoms with E-state index in [2.05, 4.69) is 28.8 Å². The Kier molecular flexibility index (Phi) is 7.02. The van der Waals surface area contributed by atoms with Crippen molar-refractivity contribution in [3.05, 3.63) is 65.7 Å². The Balaban J connectivity index is 1.13. The summed E-state index contributed by atoms with van der Waals surface area (Å²) in [5.41, 5.74) is 1.63. The highest BCUT2D eigenvalue weighted by atomic mass is 32.2. The van der Waals surface area contributed by atoms with Crippen molar-refractivity contribution in [2.75, 3.05) is 23.4 Å². The van der Waals surface area contributed by atoms with E-state index in [1.807, 2.05) is 18.2 Å². The van der Waals surface area contributed by atoms with Crippen LogP contribution < -0.4 is 5.32 Å². The first kappa shape index (κ1) is 23.5. The maximum Gasteiger partial charge on any atom is 0.309 e. The monoisotopic (exact) mass is 495 g/mol. The van der Waals surface area contributed by atoms with Crippen LogP contribution in [0, 0.1) is 17.8 Å². The number of amides is 1. The molecule has 2 unspecified atom stereocenters. The standard InChI is InChI=1S/C27H29NO4S2/c29-24(18-9-11-23(12-10-18)28-25(30)19-5-2-1-3-6-19)17-32-26(31)20-15-21-7-4-8-22(16-20)27(21)33-13-14-34-27/h1-3,5-6,9-12,20-22H,4,7-8,13-17H2,(H,28,30). The number of ketones is 1. The van der Waals surface area contributed by atoms with Crippen molar-refractivity contribution >= 4 is 46.9 Å². The van der Waals surface area contributed by atoms with Crippen LogP contribution >= 0.6 is 23.5 Å². The van der Waals surface area contributed by atoms with Crippen molar-refractivity contribution in [2.24, 2.45) is 17.8 Å². The minimum absolute atomic E-state index is 0.0916. The molecule has 2 saturated carbocycles. The van der Waals surface area contributed by atoms with Crippen LogP contribution in [0.3, 0.4) is 0 Å². The Bertz CT molecular complexity index is 1030. The van der Waals surface area contributed by atoms with Crippen LogP contribution in [0.1, 0.15) is 52.8 Å². The van der Waals surface area contributed by atoms with Gasteiger partial charge in [-0.05, 0) is 73.9 Å². The predicted molar refractivity (Wildman–Crippen MR) is 137 cm³/mol. The van der Waals surface area contributed by atoms with E-state index in [1.54, 1.807) is 36.4 Å². The first-order valence-corrected chi connectivity index (χ1v) is 14.0. The smallest absolute Gasteiger partial charge is 0.309 e. The zero-order valence-corrected chi connectivity index (χ0v) is 20.7. The number of nitrogens with one attached hydrogen (secondary N) is 1. The summed E-state index contributed by atoms with van der Waals surface area (Å²) in [6.45, 7) is -0.241. The van der Waals surface area contributed by atoms with Crippen LogP contribution in [0.2, 0.25) is 0 Å². The van der Waals surface area contributed by atoms with Crippen molar-refractivity contribution in [2.45, 2.75) is 36.2 Å². The van der Waals surface area contributed by atoms with Gasteiger partial charge in [0.25, 0.3) is 5.91 Å². The summed E-state index contributed by atoms with van der Waals surface area (Å²) < 4.78 is 5.82. The van der Waals surface area contributed by atoms with Crippen LogP contribution in [0.25, 0.3) is 0 Å². The summed E-state index contributed by atoms with van der Waals surface area (Å²) in [7, 11) is 0. The van der Waals surface area contributed by atoms with Crippen molar-refractivity contribution in [3.8, 4) is 0 Å². The number of hydrogen-bond acceptors (Lipinski definition) is 6. The molecule has 1 amide bonds. The highest BCUT2D eigenvalue weighted by Gasteiger charge is 2.55. The lowest BCUT2D eigenvalue weighted by molar-refractivity contribution is -0.150. The molecule has 2 bridgehead atoms. The van der Waals surface area contributed by atoms with Gasteiger partial charge >= 0.3 is 5.97 Å². The molecule has 2 atom stereocenters. The average molecular weight is 496 g/mol. The summed E-state index contributed by atoms with van der Waals surface area (Å²) in [5.74, 6) is 2.83. The summed E-state index contributed by atoms with van der Waals surface area (Å²) in [4.78, 5) is 37.7. The van der Waals surface area contributed by atoms with E-state index >= 15 is 0 Å². The summed E-state index contributed by atoms with van der Waals surface area (Å²) in [6, 6.07) is 15.6. The number of hydrogen-bond donors (Lipinski definition) is 1. The van der Waals surface area contributed by atoms with Crippen molar-refractivity contribution in [1.82, 2.24) is 0 Å². The van der Waals surface area contributed by atoms with Gasteiger partial charge in [-0.3, -0.25) is 14.4 Å². The third-order valence-corrected chi connectivity index (χ3v) is 11.3. The van der Waals surface area contributed by atoms with E-state index in [-0.39, 0.29) is 30.2 Å². The lowest BCUT2D eigenvalue weighted by Crippen LogP contribution is -2.48. The maximum atomic E-state index is 12.8. The van der Waals surface area contributed by atoms with E-state index in [0.717, 1.165) is 12.8 Å². The number of benzene rings is 2. The van der Waals surface area contributed by atoms with Crippen molar-refractivity contribution in [3.63, 3.8) is 0 Å². The number of ether oxygens (including phenoxy) is 1. The highest BCUT2D eigenvalue weighted by Crippen LogP contribution is 2.64. The topological polar surface area (TPSA) is 72.5 Å². The number of Topliss-reactive ketones (excluding diaryl/α,β-unsaturated/α-hetero) is 1. The Hall–Kier alpha value is -2.25. The fourth-order valence-corrected chi connectivity index (χ4v) is 9.61. The molecule has 1 saturated heterocycles. The molecule has 1 heterocycles. The minimum Gasteiger partial charge on any atom is -0.457 e. The van der Waals surface area contributed by atoms with Crippen LogP contribution in [0.15, 0.2) is 54.6 Å². The van der Waals surface area contributed by atoms with Crippen LogP contribution in [-0.4, -0.2) is 39.9 Å². The van der Waals surface area contributed by atoms with E-state index in [9.17, 15) is 14.4 Å². The zero-order chi connectivity index (χ0) is 23.5. The van der Waals surface area contributed by atoms with Crippen LogP contribution in [-0.2, 0) is 9.53 Å². The molecule has 2 aromatic carbocycles. The summed E-state index contributed by atoms with van der Waals surface area (Å²) in [5, 5.41) is 2.82. The largest absolute Gasteiger partial charge is 0.457 e. The molecule has 2 aliphatic carbocycles. The Morgan fingerprint density at radius 3 is 2.18 bits per heavy atom. The Labute approximate surface area is 208 Å². The molecule has 34 heavy (non-hydrogen) atoms. The molecule has 5 nitrogen and oxygen atoms in total. The molecular weight excluding hydrogens is 466 g/mol. The highest BCUT2D eigenvalue weighted by molar-refractivity contribution is 8.21. The van der Waals surface area contributed by atoms with Crippen LogP contribution in [0.4, 0.5) is 5.69 Å². The predicted octanol–water partition coefficient (Wildman–Crippen LogP) is 5.67. The Morgan fingerprint density at radius 2 is 1.53 bits per heavy atom. The van der Waals surface area contributed by atoms with Crippen LogP contribution in [0.5, 0.6) is 0 Å². The van der Waals surface area contributed by atoms with Gasteiger partial charge in [-0.1, -0.05) is 24.6 Å². The van der Waals surface area contributed by atoms with E-state index in [4.69, 9.17) is 4.74 Å². The first-order chi connectivity index (χ1) is 16.5.